The number of amides is 2. The molecular formula is C18H21N5O3S. The number of fused-ring (bicyclic) bond motifs is 2. The maximum Gasteiger partial charge on any atom is 0.229 e. The minimum absolute atomic E-state index is 0.0190. The van der Waals surface area contributed by atoms with Crippen LogP contribution >= 0.6 is 11.3 Å². The van der Waals surface area contributed by atoms with Crippen LogP contribution in [-0.2, 0) is 26.3 Å². The summed E-state index contributed by atoms with van der Waals surface area (Å²) in [6.45, 7) is 2.40. The number of carbonyl (C=O) groups excluding carboxylic acids is 2. The Kier molecular flexibility index (Phi) is 4.01. The molecule has 3 aliphatic rings. The van der Waals surface area contributed by atoms with Crippen LogP contribution in [0.2, 0.25) is 0 Å². The summed E-state index contributed by atoms with van der Waals surface area (Å²) in [7, 11) is 0. The molecule has 1 spiro atoms. The van der Waals surface area contributed by atoms with Crippen LogP contribution in [-0.4, -0.2) is 58.1 Å². The predicted octanol–water partition coefficient (Wildman–Crippen LogP) is 1.31. The maximum atomic E-state index is 13.0. The first-order valence-corrected chi connectivity index (χ1v) is 10.2. The Morgan fingerprint density at radius 3 is 3.00 bits per heavy atom. The second kappa shape index (κ2) is 6.42. The minimum Gasteiger partial charge on any atom is -0.368 e. The molecule has 8 nitrogen and oxygen atoms in total. The summed E-state index contributed by atoms with van der Waals surface area (Å²) >= 11 is 1.43. The third-order valence-electron chi connectivity index (χ3n) is 5.93. The first-order chi connectivity index (χ1) is 13.2. The van der Waals surface area contributed by atoms with Crippen molar-refractivity contribution in [2.75, 3.05) is 31.1 Å². The van der Waals surface area contributed by atoms with Gasteiger partial charge in [0.1, 0.15) is 5.60 Å². The van der Waals surface area contributed by atoms with Crippen molar-refractivity contribution in [1.29, 1.82) is 0 Å². The number of nitrogens with zero attached hydrogens (tertiary/aromatic N) is 4. The second-order valence-electron chi connectivity index (χ2n) is 7.41. The third-order valence-corrected chi connectivity index (χ3v) is 6.72. The second-order valence-corrected chi connectivity index (χ2v) is 8.28. The number of thiazole rings is 1. The fourth-order valence-electron chi connectivity index (χ4n) is 4.47. The molecule has 0 aliphatic carbocycles. The van der Waals surface area contributed by atoms with E-state index in [1.807, 2.05) is 16.5 Å². The normalized spacial score (nSPS) is 24.4. The molecule has 0 aromatic carbocycles. The van der Waals surface area contributed by atoms with Crippen molar-refractivity contribution in [3.05, 3.63) is 29.0 Å². The zero-order chi connectivity index (χ0) is 18.4. The van der Waals surface area contributed by atoms with Crippen LogP contribution < -0.4 is 4.90 Å². The van der Waals surface area contributed by atoms with Crippen LogP contribution in [0.3, 0.4) is 0 Å². The number of aromatic amines is 1. The Balaban J connectivity index is 1.26. The summed E-state index contributed by atoms with van der Waals surface area (Å²) in [5.41, 5.74) is 1.95. The van der Waals surface area contributed by atoms with Gasteiger partial charge in [-0.2, -0.15) is 5.10 Å². The van der Waals surface area contributed by atoms with Crippen LogP contribution in [0.15, 0.2) is 17.8 Å². The number of nitrogens with one attached hydrogen (secondary N) is 1. The van der Waals surface area contributed by atoms with E-state index in [1.54, 1.807) is 11.1 Å². The number of ether oxygens (including phenoxy) is 1. The molecule has 1 unspecified atom stereocenters. The predicted molar refractivity (Wildman–Crippen MR) is 98.3 cm³/mol. The summed E-state index contributed by atoms with van der Waals surface area (Å²) < 4.78 is 6.15. The van der Waals surface area contributed by atoms with Gasteiger partial charge in [0.25, 0.3) is 0 Å². The first kappa shape index (κ1) is 16.9. The third kappa shape index (κ3) is 2.76. The molecule has 2 amide bonds. The van der Waals surface area contributed by atoms with E-state index >= 15 is 0 Å². The van der Waals surface area contributed by atoms with Crippen LogP contribution in [0.1, 0.15) is 30.5 Å². The van der Waals surface area contributed by atoms with Crippen molar-refractivity contribution in [3.63, 3.8) is 0 Å². The molecular weight excluding hydrogens is 366 g/mol. The molecule has 9 heteroatoms. The topological polar surface area (TPSA) is 91.4 Å². The van der Waals surface area contributed by atoms with Gasteiger partial charge in [0.15, 0.2) is 5.13 Å². The molecule has 3 aliphatic heterocycles. The number of hydrogen-bond acceptors (Lipinski definition) is 6. The average Bonchev–Trinajstić information content (AvgIpc) is 3.42. The van der Waals surface area contributed by atoms with Crippen molar-refractivity contribution >= 4 is 28.3 Å². The summed E-state index contributed by atoms with van der Waals surface area (Å²) in [6, 6.07) is 0. The molecule has 2 fully saturated rings. The SMILES string of the molecule is O=C(C1CC(=O)N(c2nccs2)C1)N1CCC2(CC1)OCCc1cn[nH]c12. The van der Waals surface area contributed by atoms with Gasteiger partial charge in [-0.1, -0.05) is 0 Å². The largest absolute Gasteiger partial charge is 0.368 e. The number of rotatable bonds is 2. The molecule has 0 radical (unpaired) electrons. The number of piperidine rings is 1. The summed E-state index contributed by atoms with van der Waals surface area (Å²) in [5.74, 6) is -0.238. The Morgan fingerprint density at radius 2 is 2.22 bits per heavy atom. The lowest BCUT2D eigenvalue weighted by molar-refractivity contribution is -0.145. The molecule has 2 saturated heterocycles. The lowest BCUT2D eigenvalue weighted by Crippen LogP contribution is -2.50. The van der Waals surface area contributed by atoms with E-state index in [2.05, 4.69) is 15.2 Å². The molecule has 1 atom stereocenters. The molecule has 2 aromatic rings. The van der Waals surface area contributed by atoms with Crippen molar-refractivity contribution in [1.82, 2.24) is 20.1 Å². The number of H-pyrrole nitrogens is 1. The van der Waals surface area contributed by atoms with Gasteiger partial charge in [0.2, 0.25) is 11.8 Å². The van der Waals surface area contributed by atoms with Gasteiger partial charge in [0.05, 0.1) is 24.4 Å². The molecule has 2 aromatic heterocycles. The van der Waals surface area contributed by atoms with E-state index in [9.17, 15) is 9.59 Å². The number of hydrogen-bond donors (Lipinski definition) is 1. The summed E-state index contributed by atoms with van der Waals surface area (Å²) in [6.07, 6.45) is 6.22. The smallest absolute Gasteiger partial charge is 0.229 e. The van der Waals surface area contributed by atoms with E-state index in [1.165, 1.54) is 16.9 Å². The van der Waals surface area contributed by atoms with E-state index in [0.717, 1.165) is 25.0 Å². The number of likely N-dealkylation sites (tertiary alicyclic amines) is 1. The lowest BCUT2D eigenvalue weighted by atomic mass is 9.83. The quantitative estimate of drug-likeness (QED) is 0.839. The molecule has 5 heterocycles. The minimum atomic E-state index is -0.348. The summed E-state index contributed by atoms with van der Waals surface area (Å²) in [4.78, 5) is 33.0. The Hall–Kier alpha value is -2.26. The summed E-state index contributed by atoms with van der Waals surface area (Å²) in [5, 5.41) is 9.81. The van der Waals surface area contributed by atoms with Crippen molar-refractivity contribution in [3.8, 4) is 0 Å². The molecule has 27 heavy (non-hydrogen) atoms. The Labute approximate surface area is 160 Å². The van der Waals surface area contributed by atoms with E-state index in [4.69, 9.17) is 4.74 Å². The molecule has 0 bridgehead atoms. The van der Waals surface area contributed by atoms with Gasteiger partial charge in [0, 0.05) is 37.6 Å². The van der Waals surface area contributed by atoms with E-state index in [0.29, 0.717) is 31.4 Å². The van der Waals surface area contributed by atoms with Crippen molar-refractivity contribution in [2.45, 2.75) is 31.3 Å². The van der Waals surface area contributed by atoms with Crippen LogP contribution in [0.4, 0.5) is 5.13 Å². The van der Waals surface area contributed by atoms with Crippen LogP contribution in [0.5, 0.6) is 0 Å². The van der Waals surface area contributed by atoms with Gasteiger partial charge in [-0.3, -0.25) is 19.6 Å². The van der Waals surface area contributed by atoms with E-state index in [-0.39, 0.29) is 29.8 Å². The van der Waals surface area contributed by atoms with Gasteiger partial charge in [-0.05, 0) is 24.8 Å². The Bertz CT molecular complexity index is 856. The molecule has 0 saturated carbocycles. The highest BCUT2D eigenvalue weighted by molar-refractivity contribution is 7.13. The van der Waals surface area contributed by atoms with Crippen molar-refractivity contribution in [2.24, 2.45) is 5.92 Å². The zero-order valence-corrected chi connectivity index (χ0v) is 15.7. The van der Waals surface area contributed by atoms with Gasteiger partial charge >= 0.3 is 0 Å². The highest BCUT2D eigenvalue weighted by Crippen LogP contribution is 2.40. The van der Waals surface area contributed by atoms with Crippen LogP contribution in [0.25, 0.3) is 0 Å². The molecule has 142 valence electrons. The highest BCUT2D eigenvalue weighted by atomic mass is 32.1. The monoisotopic (exact) mass is 387 g/mol. The standard InChI is InChI=1S/C18H21N5O3S/c24-14-9-13(11-23(14)17-19-4-8-27-17)16(25)22-5-2-18(3-6-22)15-12(1-7-26-18)10-20-21-15/h4,8,10,13H,1-3,5-7,9,11H2,(H,20,21). The fourth-order valence-corrected chi connectivity index (χ4v) is 5.14. The zero-order valence-electron chi connectivity index (χ0n) is 14.9. The van der Waals surface area contributed by atoms with Gasteiger partial charge in [-0.15, -0.1) is 11.3 Å². The average molecular weight is 387 g/mol. The molecule has 1 N–H and O–H groups in total. The molecule has 5 rings (SSSR count). The Morgan fingerprint density at radius 1 is 1.37 bits per heavy atom. The fraction of sp³-hybridized carbons (Fsp3) is 0.556. The number of carbonyl (C=O) groups is 2. The number of anilines is 1. The maximum absolute atomic E-state index is 13.0. The van der Waals surface area contributed by atoms with Crippen LogP contribution in [0, 0.1) is 5.92 Å². The lowest BCUT2D eigenvalue weighted by Gasteiger charge is -2.43. The highest BCUT2D eigenvalue weighted by Gasteiger charge is 2.45. The van der Waals surface area contributed by atoms with Crippen molar-refractivity contribution < 1.29 is 14.3 Å². The van der Waals surface area contributed by atoms with Gasteiger partial charge < -0.3 is 9.64 Å². The van der Waals surface area contributed by atoms with E-state index < -0.39 is 0 Å². The van der Waals surface area contributed by atoms with Gasteiger partial charge in [-0.25, -0.2) is 4.98 Å². The number of aromatic nitrogens is 3. The first-order valence-electron chi connectivity index (χ1n) is 9.32.